The molecule has 3 heterocycles. The van der Waals surface area contributed by atoms with Gasteiger partial charge >= 0.3 is 6.18 Å². The Bertz CT molecular complexity index is 1100. The molecule has 0 spiro atoms. The van der Waals surface area contributed by atoms with E-state index in [4.69, 9.17) is 11.6 Å². The van der Waals surface area contributed by atoms with E-state index in [1.165, 1.54) is 17.0 Å². The highest BCUT2D eigenvalue weighted by Gasteiger charge is 2.36. The van der Waals surface area contributed by atoms with Crippen LogP contribution in [-0.4, -0.2) is 37.1 Å². The summed E-state index contributed by atoms with van der Waals surface area (Å²) in [5, 5.41) is 7.72. The number of pyridine rings is 1. The summed E-state index contributed by atoms with van der Waals surface area (Å²) in [5.41, 5.74) is 0.295. The highest BCUT2D eigenvalue weighted by molar-refractivity contribution is 6.34. The first-order valence-corrected chi connectivity index (χ1v) is 9.14. The van der Waals surface area contributed by atoms with Crippen LogP contribution in [0.25, 0.3) is 11.5 Å². The first-order chi connectivity index (χ1) is 13.8. The lowest BCUT2D eigenvalue weighted by atomic mass is 10.1. The maximum atomic E-state index is 13.1. The Morgan fingerprint density at radius 3 is 2.59 bits per heavy atom. The van der Waals surface area contributed by atoms with E-state index in [-0.39, 0.29) is 18.7 Å². The lowest BCUT2D eigenvalue weighted by molar-refractivity contribution is -0.137. The Morgan fingerprint density at radius 1 is 1.10 bits per heavy atom. The molecule has 29 heavy (non-hydrogen) atoms. The van der Waals surface area contributed by atoms with Crippen molar-refractivity contribution in [3.8, 4) is 11.5 Å². The minimum absolute atomic E-state index is 0.115. The molecule has 1 aliphatic rings. The first-order valence-electron chi connectivity index (χ1n) is 8.77. The molecule has 0 saturated heterocycles. The van der Waals surface area contributed by atoms with Crippen LogP contribution in [0.15, 0.2) is 36.4 Å². The minimum Gasteiger partial charge on any atom is -0.329 e. The van der Waals surface area contributed by atoms with E-state index in [9.17, 15) is 18.0 Å². The topological polar surface area (TPSA) is 63.9 Å². The maximum Gasteiger partial charge on any atom is 0.417 e. The van der Waals surface area contributed by atoms with Crippen molar-refractivity contribution < 1.29 is 18.0 Å². The van der Waals surface area contributed by atoms with Gasteiger partial charge in [-0.1, -0.05) is 23.7 Å². The molecule has 0 saturated carbocycles. The summed E-state index contributed by atoms with van der Waals surface area (Å²) in [4.78, 5) is 18.7. The second kappa shape index (κ2) is 7.14. The highest BCUT2D eigenvalue weighted by Crippen LogP contribution is 2.36. The number of benzene rings is 1. The molecule has 0 radical (unpaired) electrons. The van der Waals surface area contributed by atoms with E-state index >= 15 is 0 Å². The van der Waals surface area contributed by atoms with Crippen molar-refractivity contribution in [1.82, 2.24) is 24.6 Å². The molecule has 1 aromatic carbocycles. The number of rotatable bonds is 2. The van der Waals surface area contributed by atoms with Crippen molar-refractivity contribution in [3.05, 3.63) is 64.1 Å². The van der Waals surface area contributed by atoms with Crippen molar-refractivity contribution >= 4 is 17.5 Å². The second-order valence-corrected chi connectivity index (χ2v) is 7.03. The zero-order valence-corrected chi connectivity index (χ0v) is 16.0. The summed E-state index contributed by atoms with van der Waals surface area (Å²) in [7, 11) is 0. The van der Waals surface area contributed by atoms with Crippen LogP contribution in [0, 0.1) is 6.92 Å². The summed E-state index contributed by atoms with van der Waals surface area (Å²) in [6.45, 7) is 2.67. The fourth-order valence-corrected chi connectivity index (χ4v) is 3.59. The first kappa shape index (κ1) is 19.4. The fraction of sp³-hybridized carbons (Fsp3) is 0.263. The van der Waals surface area contributed by atoms with Gasteiger partial charge in [0.1, 0.15) is 5.69 Å². The highest BCUT2D eigenvalue weighted by atomic mass is 35.5. The normalized spacial score (nSPS) is 14.0. The van der Waals surface area contributed by atoms with Gasteiger partial charge in [-0.15, -0.1) is 10.2 Å². The van der Waals surface area contributed by atoms with Gasteiger partial charge in [-0.3, -0.25) is 4.79 Å². The van der Waals surface area contributed by atoms with Crippen LogP contribution in [-0.2, 0) is 19.3 Å². The average molecular weight is 422 g/mol. The lowest BCUT2D eigenvalue weighted by Gasteiger charge is -2.28. The van der Waals surface area contributed by atoms with Crippen LogP contribution in [0.5, 0.6) is 0 Å². The molecule has 10 heteroatoms. The molecule has 0 N–H and O–H groups in total. The predicted molar refractivity (Wildman–Crippen MR) is 99.2 cm³/mol. The molecule has 1 aliphatic heterocycles. The fourth-order valence-electron chi connectivity index (χ4n) is 3.27. The number of carbonyl (C=O) groups excluding carboxylic acids is 1. The molecule has 150 valence electrons. The van der Waals surface area contributed by atoms with Gasteiger partial charge in [-0.2, -0.15) is 13.2 Å². The molecule has 1 amide bonds. The predicted octanol–water partition coefficient (Wildman–Crippen LogP) is 3.98. The maximum absolute atomic E-state index is 13.1. The lowest BCUT2D eigenvalue weighted by Crippen LogP contribution is -2.38. The largest absolute Gasteiger partial charge is 0.417 e. The third-order valence-electron chi connectivity index (χ3n) is 4.69. The third kappa shape index (κ3) is 3.57. The third-order valence-corrected chi connectivity index (χ3v) is 5.10. The number of aromatic nitrogens is 4. The van der Waals surface area contributed by atoms with Crippen LogP contribution in [0.3, 0.4) is 0 Å². The van der Waals surface area contributed by atoms with E-state index in [0.29, 0.717) is 23.9 Å². The van der Waals surface area contributed by atoms with Crippen LogP contribution in [0.4, 0.5) is 13.2 Å². The van der Waals surface area contributed by atoms with Gasteiger partial charge in [0.05, 0.1) is 22.7 Å². The minimum atomic E-state index is -4.63. The summed E-state index contributed by atoms with van der Waals surface area (Å²) in [5.74, 6) is 0.546. The van der Waals surface area contributed by atoms with Crippen LogP contribution in [0.1, 0.15) is 27.4 Å². The number of hydrogen-bond acceptors (Lipinski definition) is 4. The Balaban J connectivity index is 1.61. The summed E-state index contributed by atoms with van der Waals surface area (Å²) in [6, 6.07) is 8.89. The van der Waals surface area contributed by atoms with E-state index in [2.05, 4.69) is 15.2 Å². The molecule has 0 aliphatic carbocycles. The van der Waals surface area contributed by atoms with E-state index in [1.54, 1.807) is 0 Å². The Labute approximate surface area is 168 Å². The monoisotopic (exact) mass is 421 g/mol. The number of alkyl halides is 3. The molecule has 0 unspecified atom stereocenters. The second-order valence-electron chi connectivity index (χ2n) is 6.65. The zero-order chi connectivity index (χ0) is 20.8. The van der Waals surface area contributed by atoms with E-state index in [0.717, 1.165) is 11.8 Å². The molecular weight excluding hydrogens is 407 g/mol. The summed E-state index contributed by atoms with van der Waals surface area (Å²) >= 11 is 5.90. The molecule has 4 rings (SSSR count). The summed E-state index contributed by atoms with van der Waals surface area (Å²) < 4.78 is 41.1. The zero-order valence-electron chi connectivity index (χ0n) is 15.2. The van der Waals surface area contributed by atoms with Gasteiger partial charge in [-0.25, -0.2) is 4.98 Å². The van der Waals surface area contributed by atoms with Gasteiger partial charge in [0.2, 0.25) is 0 Å². The summed E-state index contributed by atoms with van der Waals surface area (Å²) in [6.07, 6.45) is -4.63. The number of nitrogens with zero attached hydrogens (tertiary/aromatic N) is 5. The molecule has 0 atom stereocenters. The van der Waals surface area contributed by atoms with Crippen LogP contribution >= 0.6 is 11.6 Å². The molecule has 2 aromatic heterocycles. The average Bonchev–Trinajstić information content (AvgIpc) is 3.10. The number of aryl methyl sites for hydroxylation is 1. The molecule has 6 nitrogen and oxygen atoms in total. The Kier molecular flexibility index (Phi) is 4.77. The van der Waals surface area contributed by atoms with Crippen molar-refractivity contribution in [2.45, 2.75) is 26.2 Å². The van der Waals surface area contributed by atoms with Crippen molar-refractivity contribution in [3.63, 3.8) is 0 Å². The van der Waals surface area contributed by atoms with Gasteiger partial charge in [0.25, 0.3) is 5.91 Å². The molecule has 3 aromatic rings. The number of fused-ring (bicyclic) bond motifs is 1. The SMILES string of the molecule is Cc1cccc(-c2nnc3n2CCN(C(=O)c2cccc(C(F)(F)F)c2Cl)C3)n1. The van der Waals surface area contributed by atoms with E-state index in [1.807, 2.05) is 29.7 Å². The van der Waals surface area contributed by atoms with Crippen molar-refractivity contribution in [2.75, 3.05) is 6.54 Å². The van der Waals surface area contributed by atoms with E-state index < -0.39 is 22.7 Å². The van der Waals surface area contributed by atoms with Crippen molar-refractivity contribution in [2.24, 2.45) is 0 Å². The standard InChI is InChI=1S/C19H15ClF3N5O/c1-11-4-2-7-14(24-11)17-26-25-15-10-27(8-9-28(15)17)18(29)12-5-3-6-13(16(12)20)19(21,22)23/h2-7H,8-10H2,1H3. The smallest absolute Gasteiger partial charge is 0.329 e. The Morgan fingerprint density at radius 2 is 1.86 bits per heavy atom. The quantitative estimate of drug-likeness (QED) is 0.628. The van der Waals surface area contributed by atoms with Gasteiger partial charge in [0, 0.05) is 18.8 Å². The number of hydrogen-bond donors (Lipinski definition) is 0. The number of amides is 1. The van der Waals surface area contributed by atoms with Crippen molar-refractivity contribution in [1.29, 1.82) is 0 Å². The van der Waals surface area contributed by atoms with Crippen LogP contribution < -0.4 is 0 Å². The number of carbonyl (C=O) groups is 1. The van der Waals surface area contributed by atoms with Gasteiger partial charge in [-0.05, 0) is 31.2 Å². The molecular formula is C19H15ClF3N5O. The van der Waals surface area contributed by atoms with Crippen LogP contribution in [0.2, 0.25) is 5.02 Å². The van der Waals surface area contributed by atoms with Gasteiger partial charge in [0.15, 0.2) is 11.6 Å². The molecule has 0 bridgehead atoms. The Hall–Kier alpha value is -2.94. The molecule has 0 fully saturated rings. The van der Waals surface area contributed by atoms with Gasteiger partial charge < -0.3 is 9.47 Å². The number of halogens is 4.